The summed E-state index contributed by atoms with van der Waals surface area (Å²) in [7, 11) is -3.53. The van der Waals surface area contributed by atoms with Crippen LogP contribution in [-0.2, 0) is 10.0 Å². The van der Waals surface area contributed by atoms with Gasteiger partial charge in [0.2, 0.25) is 10.0 Å². The molecule has 1 aromatic heterocycles. The number of hydrogen-bond acceptors (Lipinski definition) is 4. The molecule has 2 heterocycles. The van der Waals surface area contributed by atoms with Gasteiger partial charge in [-0.1, -0.05) is 12.1 Å². The quantitative estimate of drug-likeness (QED) is 0.889. The lowest BCUT2D eigenvalue weighted by Gasteiger charge is -2.17. The van der Waals surface area contributed by atoms with Crippen molar-refractivity contribution < 1.29 is 8.42 Å². The molecule has 0 spiro atoms. The zero-order valence-corrected chi connectivity index (χ0v) is 13.1. The highest BCUT2D eigenvalue weighted by Gasteiger charge is 2.32. The fraction of sp³-hybridized carbons (Fsp3) is 0.308. The van der Waals surface area contributed by atoms with Crippen LogP contribution < -0.4 is 5.73 Å². The zero-order chi connectivity index (χ0) is 14.3. The molecule has 3 rings (SSSR count). The van der Waals surface area contributed by atoms with Crippen LogP contribution >= 0.6 is 15.9 Å². The van der Waals surface area contributed by atoms with Crippen molar-refractivity contribution in [2.24, 2.45) is 5.73 Å². The van der Waals surface area contributed by atoms with Crippen LogP contribution in [0.4, 0.5) is 0 Å². The topological polar surface area (TPSA) is 76.3 Å². The van der Waals surface area contributed by atoms with E-state index in [9.17, 15) is 8.42 Å². The van der Waals surface area contributed by atoms with Crippen LogP contribution in [-0.4, -0.2) is 36.8 Å². The Morgan fingerprint density at radius 3 is 2.85 bits per heavy atom. The van der Waals surface area contributed by atoms with E-state index in [4.69, 9.17) is 5.73 Å². The van der Waals surface area contributed by atoms with Crippen molar-refractivity contribution in [2.75, 3.05) is 13.1 Å². The highest BCUT2D eigenvalue weighted by Crippen LogP contribution is 2.31. The van der Waals surface area contributed by atoms with Crippen molar-refractivity contribution in [3.63, 3.8) is 0 Å². The van der Waals surface area contributed by atoms with E-state index in [1.165, 1.54) is 4.31 Å². The van der Waals surface area contributed by atoms with Crippen molar-refractivity contribution in [2.45, 2.75) is 17.4 Å². The fourth-order valence-electron chi connectivity index (χ4n) is 2.49. The number of aromatic nitrogens is 1. The first-order valence-corrected chi connectivity index (χ1v) is 8.51. The minimum absolute atomic E-state index is 0.0788. The Morgan fingerprint density at radius 1 is 1.35 bits per heavy atom. The highest BCUT2D eigenvalue weighted by atomic mass is 79.9. The molecule has 1 saturated heterocycles. The molecule has 1 aliphatic rings. The number of rotatable bonds is 2. The average Bonchev–Trinajstić information content (AvgIpc) is 2.86. The molecule has 1 aromatic carbocycles. The van der Waals surface area contributed by atoms with Crippen molar-refractivity contribution >= 4 is 36.7 Å². The lowest BCUT2D eigenvalue weighted by molar-refractivity contribution is 0.473. The van der Waals surface area contributed by atoms with Gasteiger partial charge < -0.3 is 5.73 Å². The number of pyridine rings is 1. The molecule has 2 N–H and O–H groups in total. The van der Waals surface area contributed by atoms with E-state index < -0.39 is 10.0 Å². The Hall–Kier alpha value is -1.02. The molecule has 1 atom stereocenters. The van der Waals surface area contributed by atoms with Crippen molar-refractivity contribution in [3.05, 3.63) is 35.1 Å². The summed E-state index contributed by atoms with van der Waals surface area (Å²) in [5.41, 5.74) is 5.82. The predicted octanol–water partition coefficient (Wildman–Crippen LogP) is 1.72. The van der Waals surface area contributed by atoms with E-state index >= 15 is 0 Å². The number of halogens is 1. The Labute approximate surface area is 126 Å². The molecule has 0 amide bonds. The Bertz CT molecular complexity index is 758. The molecule has 1 aliphatic heterocycles. The monoisotopic (exact) mass is 355 g/mol. The van der Waals surface area contributed by atoms with Gasteiger partial charge >= 0.3 is 0 Å². The third kappa shape index (κ3) is 2.24. The summed E-state index contributed by atoms with van der Waals surface area (Å²) >= 11 is 3.39. The second-order valence-corrected chi connectivity index (χ2v) is 7.65. The Kier molecular flexibility index (Phi) is 3.53. The summed E-state index contributed by atoms with van der Waals surface area (Å²) in [6.07, 6.45) is 3.97. The molecular weight excluding hydrogens is 342 g/mol. The maximum Gasteiger partial charge on any atom is 0.243 e. The maximum absolute atomic E-state index is 12.8. The number of sulfonamides is 1. The van der Waals surface area contributed by atoms with Gasteiger partial charge in [0.05, 0.1) is 4.90 Å². The molecule has 5 nitrogen and oxygen atoms in total. The molecule has 0 radical (unpaired) electrons. The van der Waals surface area contributed by atoms with Gasteiger partial charge in [-0.2, -0.15) is 4.31 Å². The SMILES string of the molecule is N[C@@H]1CCN(S(=O)(=O)c2cccc3cncc(Br)c23)C1. The lowest BCUT2D eigenvalue weighted by atomic mass is 10.2. The number of nitrogens with two attached hydrogens (primary N) is 1. The smallest absolute Gasteiger partial charge is 0.243 e. The van der Waals surface area contributed by atoms with Crippen LogP contribution in [0, 0.1) is 0 Å². The Balaban J connectivity index is 2.19. The second-order valence-electron chi connectivity index (χ2n) is 4.89. The summed E-state index contributed by atoms with van der Waals surface area (Å²) < 4.78 is 27.7. The predicted molar refractivity (Wildman–Crippen MR) is 80.8 cm³/mol. The molecule has 0 saturated carbocycles. The lowest BCUT2D eigenvalue weighted by Crippen LogP contribution is -2.32. The van der Waals surface area contributed by atoms with E-state index in [2.05, 4.69) is 20.9 Å². The van der Waals surface area contributed by atoms with E-state index in [1.54, 1.807) is 24.5 Å². The van der Waals surface area contributed by atoms with Gasteiger partial charge in [-0.05, 0) is 28.4 Å². The van der Waals surface area contributed by atoms with Gasteiger partial charge in [-0.3, -0.25) is 4.98 Å². The molecule has 0 unspecified atom stereocenters. The summed E-state index contributed by atoms with van der Waals surface area (Å²) in [6.45, 7) is 0.851. The molecule has 2 aromatic rings. The third-order valence-corrected chi connectivity index (χ3v) is 6.01. The van der Waals surface area contributed by atoms with Crippen LogP contribution in [0.5, 0.6) is 0 Å². The molecule has 106 valence electrons. The minimum atomic E-state index is -3.53. The van der Waals surface area contributed by atoms with Crippen LogP contribution in [0.25, 0.3) is 10.8 Å². The van der Waals surface area contributed by atoms with Crippen LogP contribution in [0.2, 0.25) is 0 Å². The number of benzene rings is 1. The van der Waals surface area contributed by atoms with Crippen LogP contribution in [0.15, 0.2) is 40.0 Å². The summed E-state index contributed by atoms with van der Waals surface area (Å²) in [5, 5.41) is 1.46. The fourth-order valence-corrected chi connectivity index (χ4v) is 4.93. The highest BCUT2D eigenvalue weighted by molar-refractivity contribution is 9.10. The minimum Gasteiger partial charge on any atom is -0.326 e. The van der Waals surface area contributed by atoms with Crippen molar-refractivity contribution in [1.82, 2.24) is 9.29 Å². The van der Waals surface area contributed by atoms with Gasteiger partial charge in [0.1, 0.15) is 0 Å². The van der Waals surface area contributed by atoms with E-state index in [0.29, 0.717) is 34.3 Å². The van der Waals surface area contributed by atoms with E-state index in [1.807, 2.05) is 6.07 Å². The summed E-state index contributed by atoms with van der Waals surface area (Å²) in [4.78, 5) is 4.37. The molecule has 0 aliphatic carbocycles. The zero-order valence-electron chi connectivity index (χ0n) is 10.7. The Morgan fingerprint density at radius 2 is 2.15 bits per heavy atom. The molecular formula is C13H14BrN3O2S. The maximum atomic E-state index is 12.8. The molecule has 1 fully saturated rings. The molecule has 20 heavy (non-hydrogen) atoms. The first kappa shape index (κ1) is 13.9. The first-order chi connectivity index (χ1) is 9.50. The van der Waals surface area contributed by atoms with Gasteiger partial charge in [-0.15, -0.1) is 0 Å². The van der Waals surface area contributed by atoms with Gasteiger partial charge in [0.25, 0.3) is 0 Å². The van der Waals surface area contributed by atoms with E-state index in [-0.39, 0.29) is 6.04 Å². The number of fused-ring (bicyclic) bond motifs is 1. The molecule has 0 bridgehead atoms. The van der Waals surface area contributed by atoms with Crippen molar-refractivity contribution in [1.29, 1.82) is 0 Å². The van der Waals surface area contributed by atoms with Crippen LogP contribution in [0.3, 0.4) is 0 Å². The molecule has 7 heteroatoms. The third-order valence-electron chi connectivity index (χ3n) is 3.50. The number of hydrogen-bond donors (Lipinski definition) is 1. The van der Waals surface area contributed by atoms with Crippen molar-refractivity contribution in [3.8, 4) is 0 Å². The number of nitrogens with zero attached hydrogens (tertiary/aromatic N) is 2. The largest absolute Gasteiger partial charge is 0.326 e. The van der Waals surface area contributed by atoms with E-state index in [0.717, 1.165) is 5.39 Å². The average molecular weight is 356 g/mol. The summed E-state index contributed by atoms with van der Waals surface area (Å²) in [5.74, 6) is 0. The van der Waals surface area contributed by atoms with Gasteiger partial charge in [-0.25, -0.2) is 8.42 Å². The first-order valence-electron chi connectivity index (χ1n) is 6.28. The normalized spacial score (nSPS) is 20.6. The second kappa shape index (κ2) is 5.07. The van der Waals surface area contributed by atoms with Gasteiger partial charge in [0, 0.05) is 46.8 Å². The standard InChI is InChI=1S/C13H14BrN3O2S/c14-11-7-16-6-9-2-1-3-12(13(9)11)20(18,19)17-5-4-10(15)8-17/h1-3,6-7,10H,4-5,8,15H2/t10-/m1/s1. The van der Waals surface area contributed by atoms with Gasteiger partial charge in [0.15, 0.2) is 0 Å². The summed E-state index contributed by atoms with van der Waals surface area (Å²) in [6, 6.07) is 5.14. The van der Waals surface area contributed by atoms with Crippen LogP contribution in [0.1, 0.15) is 6.42 Å².